The van der Waals surface area contributed by atoms with Gasteiger partial charge >= 0.3 is 0 Å². The van der Waals surface area contributed by atoms with E-state index in [0.717, 1.165) is 4.47 Å². The highest BCUT2D eigenvalue weighted by atomic mass is 79.9. The van der Waals surface area contributed by atoms with Crippen LogP contribution in [0.15, 0.2) is 28.7 Å². The van der Waals surface area contributed by atoms with Crippen LogP contribution in [0.5, 0.6) is 0 Å². The van der Waals surface area contributed by atoms with Crippen LogP contribution in [0.4, 0.5) is 0 Å². The minimum atomic E-state index is 0.572. The quantitative estimate of drug-likeness (QED) is 0.794. The van der Waals surface area contributed by atoms with E-state index in [1.165, 1.54) is 18.4 Å². The molecule has 2 rings (SSSR count). The molecule has 0 aliphatic carbocycles. The second-order valence-corrected chi connectivity index (χ2v) is 4.66. The fourth-order valence-electron chi connectivity index (χ4n) is 1.88. The van der Waals surface area contributed by atoms with Crippen molar-refractivity contribution in [3.63, 3.8) is 0 Å². The molecule has 0 saturated carbocycles. The second kappa shape index (κ2) is 3.81. The van der Waals surface area contributed by atoms with Crippen molar-refractivity contribution in [2.45, 2.75) is 31.8 Å². The summed E-state index contributed by atoms with van der Waals surface area (Å²) in [5.41, 5.74) is 1.41. The zero-order valence-electron chi connectivity index (χ0n) is 7.76. The Labute approximate surface area is 87.7 Å². The smallest absolute Gasteiger partial charge is 0.0323 e. The normalized spacial score (nSPS) is 27.8. The maximum atomic E-state index is 3.57. The summed E-state index contributed by atoms with van der Waals surface area (Å²) in [5, 5.41) is 3.57. The molecular formula is C11H14BrN. The summed E-state index contributed by atoms with van der Waals surface area (Å²) in [6.45, 7) is 2.25. The lowest BCUT2D eigenvalue weighted by molar-refractivity contribution is 0.585. The maximum Gasteiger partial charge on any atom is 0.0323 e. The van der Waals surface area contributed by atoms with Gasteiger partial charge in [0, 0.05) is 16.6 Å². The third-order valence-corrected chi connectivity index (χ3v) is 3.18. The Hall–Kier alpha value is -0.340. The standard InChI is InChI=1S/C11H14BrN/c1-8-2-7-11(13-8)9-3-5-10(12)6-4-9/h3-6,8,11,13H,2,7H2,1H3/t8-,11?/m1/s1. The second-order valence-electron chi connectivity index (χ2n) is 3.75. The van der Waals surface area contributed by atoms with Gasteiger partial charge in [0.1, 0.15) is 0 Å². The number of nitrogens with one attached hydrogen (secondary N) is 1. The highest BCUT2D eigenvalue weighted by molar-refractivity contribution is 9.10. The predicted molar refractivity (Wildman–Crippen MR) is 58.7 cm³/mol. The molecule has 1 aromatic rings. The molecule has 0 amide bonds. The Morgan fingerprint density at radius 2 is 1.92 bits per heavy atom. The van der Waals surface area contributed by atoms with Gasteiger partial charge in [-0.05, 0) is 37.5 Å². The topological polar surface area (TPSA) is 12.0 Å². The van der Waals surface area contributed by atoms with Crippen LogP contribution in [0.25, 0.3) is 0 Å². The van der Waals surface area contributed by atoms with Gasteiger partial charge in [0.15, 0.2) is 0 Å². The van der Waals surface area contributed by atoms with Crippen molar-refractivity contribution in [2.75, 3.05) is 0 Å². The van der Waals surface area contributed by atoms with E-state index in [-0.39, 0.29) is 0 Å². The van der Waals surface area contributed by atoms with Crippen LogP contribution in [0.2, 0.25) is 0 Å². The first-order valence-electron chi connectivity index (χ1n) is 4.77. The van der Waals surface area contributed by atoms with Crippen molar-refractivity contribution < 1.29 is 0 Å². The first-order chi connectivity index (χ1) is 6.25. The molecule has 1 unspecified atom stereocenters. The number of halogens is 1. The SMILES string of the molecule is C[C@@H]1CCC(c2ccc(Br)cc2)N1. The summed E-state index contributed by atoms with van der Waals surface area (Å²) in [4.78, 5) is 0. The highest BCUT2D eigenvalue weighted by Gasteiger charge is 2.20. The summed E-state index contributed by atoms with van der Waals surface area (Å²) >= 11 is 3.45. The van der Waals surface area contributed by atoms with Crippen molar-refractivity contribution in [2.24, 2.45) is 0 Å². The van der Waals surface area contributed by atoms with Gasteiger partial charge in [0.05, 0.1) is 0 Å². The maximum absolute atomic E-state index is 3.57. The molecule has 2 heteroatoms. The summed E-state index contributed by atoms with van der Waals surface area (Å²) in [5.74, 6) is 0. The molecule has 1 aliphatic rings. The minimum absolute atomic E-state index is 0.572. The van der Waals surface area contributed by atoms with Gasteiger partial charge < -0.3 is 5.32 Å². The molecule has 0 bridgehead atoms. The summed E-state index contributed by atoms with van der Waals surface area (Å²) in [6.07, 6.45) is 2.56. The number of hydrogen-bond acceptors (Lipinski definition) is 1. The molecule has 1 aromatic carbocycles. The van der Waals surface area contributed by atoms with Crippen LogP contribution in [-0.2, 0) is 0 Å². The zero-order valence-corrected chi connectivity index (χ0v) is 9.34. The van der Waals surface area contributed by atoms with Crippen LogP contribution in [0.3, 0.4) is 0 Å². The Bertz CT molecular complexity index is 281. The van der Waals surface area contributed by atoms with Crippen molar-refractivity contribution in [3.8, 4) is 0 Å². The molecule has 0 aromatic heterocycles. The molecule has 0 radical (unpaired) electrons. The first-order valence-corrected chi connectivity index (χ1v) is 5.56. The Morgan fingerprint density at radius 3 is 2.46 bits per heavy atom. The van der Waals surface area contributed by atoms with E-state index in [4.69, 9.17) is 0 Å². The van der Waals surface area contributed by atoms with Crippen molar-refractivity contribution >= 4 is 15.9 Å². The fraction of sp³-hybridized carbons (Fsp3) is 0.455. The van der Waals surface area contributed by atoms with E-state index in [9.17, 15) is 0 Å². The number of hydrogen-bond donors (Lipinski definition) is 1. The Kier molecular flexibility index (Phi) is 2.70. The molecular weight excluding hydrogens is 226 g/mol. The predicted octanol–water partition coefficient (Wildman–Crippen LogP) is 3.26. The summed E-state index contributed by atoms with van der Waals surface area (Å²) in [6, 6.07) is 9.86. The monoisotopic (exact) mass is 239 g/mol. The molecule has 2 atom stereocenters. The molecule has 1 fully saturated rings. The van der Waals surface area contributed by atoms with Crippen LogP contribution < -0.4 is 5.32 Å². The van der Waals surface area contributed by atoms with E-state index in [1.54, 1.807) is 0 Å². The third-order valence-electron chi connectivity index (χ3n) is 2.65. The van der Waals surface area contributed by atoms with Gasteiger partial charge in [-0.2, -0.15) is 0 Å². The van der Waals surface area contributed by atoms with Crippen molar-refractivity contribution in [3.05, 3.63) is 34.3 Å². The molecule has 1 nitrogen and oxygen atoms in total. The van der Waals surface area contributed by atoms with Gasteiger partial charge in [-0.3, -0.25) is 0 Å². The Morgan fingerprint density at radius 1 is 1.23 bits per heavy atom. The zero-order chi connectivity index (χ0) is 9.26. The molecule has 0 spiro atoms. The van der Waals surface area contributed by atoms with Crippen LogP contribution in [0.1, 0.15) is 31.4 Å². The molecule has 70 valence electrons. The van der Waals surface area contributed by atoms with Gasteiger partial charge in [-0.15, -0.1) is 0 Å². The van der Waals surface area contributed by atoms with Gasteiger partial charge in [0.2, 0.25) is 0 Å². The highest BCUT2D eigenvalue weighted by Crippen LogP contribution is 2.26. The van der Waals surface area contributed by atoms with Crippen LogP contribution in [0, 0.1) is 0 Å². The largest absolute Gasteiger partial charge is 0.307 e. The van der Waals surface area contributed by atoms with Crippen molar-refractivity contribution in [1.29, 1.82) is 0 Å². The summed E-state index contributed by atoms with van der Waals surface area (Å²) in [7, 11) is 0. The third kappa shape index (κ3) is 2.12. The lowest BCUT2D eigenvalue weighted by Gasteiger charge is -2.11. The van der Waals surface area contributed by atoms with Crippen LogP contribution in [-0.4, -0.2) is 6.04 Å². The van der Waals surface area contributed by atoms with E-state index in [1.807, 2.05) is 0 Å². The molecule has 1 aliphatic heterocycles. The van der Waals surface area contributed by atoms with Crippen molar-refractivity contribution in [1.82, 2.24) is 5.32 Å². The van der Waals surface area contributed by atoms with E-state index in [0.29, 0.717) is 12.1 Å². The summed E-state index contributed by atoms with van der Waals surface area (Å²) < 4.78 is 1.15. The molecule has 1 heterocycles. The van der Waals surface area contributed by atoms with Gasteiger partial charge in [-0.1, -0.05) is 28.1 Å². The average Bonchev–Trinajstić information content (AvgIpc) is 2.53. The van der Waals surface area contributed by atoms with E-state index >= 15 is 0 Å². The van der Waals surface area contributed by atoms with E-state index < -0.39 is 0 Å². The van der Waals surface area contributed by atoms with Gasteiger partial charge in [-0.25, -0.2) is 0 Å². The fourth-order valence-corrected chi connectivity index (χ4v) is 2.15. The number of rotatable bonds is 1. The Balaban J connectivity index is 2.13. The first kappa shape index (κ1) is 9.22. The van der Waals surface area contributed by atoms with Gasteiger partial charge in [0.25, 0.3) is 0 Å². The average molecular weight is 240 g/mol. The molecule has 1 N–H and O–H groups in total. The van der Waals surface area contributed by atoms with E-state index in [2.05, 4.69) is 52.4 Å². The lowest BCUT2D eigenvalue weighted by atomic mass is 10.1. The van der Waals surface area contributed by atoms with Crippen LogP contribution >= 0.6 is 15.9 Å². The number of benzene rings is 1. The minimum Gasteiger partial charge on any atom is -0.307 e. The molecule has 1 saturated heterocycles. The lowest BCUT2D eigenvalue weighted by Crippen LogP contribution is -2.20. The molecule has 13 heavy (non-hydrogen) atoms.